The lowest BCUT2D eigenvalue weighted by molar-refractivity contribution is -0.393. The molecule has 0 fully saturated rings. The minimum absolute atomic E-state index is 0.00548. The summed E-state index contributed by atoms with van der Waals surface area (Å²) >= 11 is 6.55. The number of aromatic nitrogens is 2. The second-order valence-electron chi connectivity index (χ2n) is 11.5. The van der Waals surface area contributed by atoms with E-state index in [2.05, 4.69) is 17.2 Å². The summed E-state index contributed by atoms with van der Waals surface area (Å²) in [5, 5.41) is 23.6. The second kappa shape index (κ2) is 17.9. The number of anilines is 1. The summed E-state index contributed by atoms with van der Waals surface area (Å²) < 4.78 is 32.1. The minimum Gasteiger partial charge on any atom is -0.495 e. The summed E-state index contributed by atoms with van der Waals surface area (Å²) in [4.78, 5) is 58.4. The maximum absolute atomic E-state index is 13.7. The van der Waals surface area contributed by atoms with Crippen LogP contribution in [0.1, 0.15) is 82.3 Å². The minimum atomic E-state index is -3.83. The van der Waals surface area contributed by atoms with Crippen molar-refractivity contribution in [2.75, 3.05) is 33.1 Å². The number of hydrogen-bond donors (Lipinski definition) is 1. The first-order valence-corrected chi connectivity index (χ1v) is 17.7. The Morgan fingerprint density at radius 3 is 2.16 bits per heavy atom. The summed E-state index contributed by atoms with van der Waals surface area (Å²) in [6, 6.07) is 5.23. The first-order valence-electron chi connectivity index (χ1n) is 15.8. The highest BCUT2D eigenvalue weighted by Crippen LogP contribution is 2.32. The van der Waals surface area contributed by atoms with Gasteiger partial charge in [0, 0.05) is 26.2 Å². The van der Waals surface area contributed by atoms with Gasteiger partial charge in [0.2, 0.25) is 15.9 Å². The van der Waals surface area contributed by atoms with Crippen LogP contribution in [-0.4, -0.2) is 66.0 Å². The summed E-state index contributed by atoms with van der Waals surface area (Å²) in [5.74, 6) is -1.49. The maximum atomic E-state index is 13.7. The molecule has 0 bridgehead atoms. The van der Waals surface area contributed by atoms with Crippen molar-refractivity contribution >= 4 is 55.5 Å². The molecule has 0 aliphatic carbocycles. The van der Waals surface area contributed by atoms with Crippen LogP contribution in [0.3, 0.4) is 0 Å². The molecule has 0 aliphatic heterocycles. The third-order valence-corrected chi connectivity index (χ3v) is 9.92. The zero-order valence-corrected chi connectivity index (χ0v) is 29.4. The molecule has 1 aromatic heterocycles. The lowest BCUT2D eigenvalue weighted by Crippen LogP contribution is -2.34. The van der Waals surface area contributed by atoms with Gasteiger partial charge in [0.25, 0.3) is 11.2 Å². The highest BCUT2D eigenvalue weighted by atomic mass is 35.5. The number of ether oxygens (including phenoxy) is 1. The van der Waals surface area contributed by atoms with Crippen LogP contribution in [0.25, 0.3) is 10.9 Å². The van der Waals surface area contributed by atoms with Gasteiger partial charge in [-0.3, -0.25) is 29.8 Å². The number of fused-ring (bicyclic) bond motifs is 1. The number of nitro benzene ring substituents is 2. The van der Waals surface area contributed by atoms with Gasteiger partial charge in [0.05, 0.1) is 39.0 Å². The number of benzene rings is 2. The number of sulfonamides is 1. The lowest BCUT2D eigenvalue weighted by Gasteiger charge is -2.18. The Bertz CT molecular complexity index is 1830. The molecule has 1 heterocycles. The first kappa shape index (κ1) is 39.1. The topological polar surface area (TPSA) is 206 Å². The van der Waals surface area contributed by atoms with Gasteiger partial charge in [-0.25, -0.2) is 17.7 Å². The van der Waals surface area contributed by atoms with Crippen LogP contribution in [0.15, 0.2) is 40.0 Å². The van der Waals surface area contributed by atoms with E-state index in [0.29, 0.717) is 17.2 Å². The molecular weight excluding hydrogens is 684 g/mol. The number of methoxy groups -OCH3 is 1. The molecule has 49 heavy (non-hydrogen) atoms. The van der Waals surface area contributed by atoms with Crippen LogP contribution in [0.2, 0.25) is 0 Å². The number of nitrogens with zero attached hydrogens (tertiary/aromatic N) is 5. The van der Waals surface area contributed by atoms with E-state index in [1.807, 2.05) is 0 Å². The van der Waals surface area contributed by atoms with Crippen molar-refractivity contribution in [3.63, 3.8) is 0 Å². The molecular formula is C31H41ClN6O10S. The van der Waals surface area contributed by atoms with Crippen LogP contribution in [-0.2, 0) is 14.8 Å². The molecule has 1 atom stereocenters. The Labute approximate surface area is 288 Å². The van der Waals surface area contributed by atoms with Crippen LogP contribution in [0, 0.1) is 20.2 Å². The number of carbonyl (C=O) groups excluding carboxylic acids is 1. The summed E-state index contributed by atoms with van der Waals surface area (Å²) in [5.41, 5.74) is -3.08. The lowest BCUT2D eigenvalue weighted by atomic mass is 10.1. The number of hydrogen-bond acceptors (Lipinski definition) is 11. The van der Waals surface area contributed by atoms with Crippen molar-refractivity contribution in [2.24, 2.45) is 0 Å². The normalized spacial score (nSPS) is 12.2. The number of alkyl halides is 1. The number of amides is 1. The van der Waals surface area contributed by atoms with Crippen LogP contribution < -0.4 is 20.5 Å². The second-order valence-corrected chi connectivity index (χ2v) is 14.0. The Balaban J connectivity index is 1.93. The molecule has 0 saturated heterocycles. The Morgan fingerprint density at radius 2 is 1.61 bits per heavy atom. The highest BCUT2D eigenvalue weighted by Gasteiger charge is 2.31. The van der Waals surface area contributed by atoms with Gasteiger partial charge in [0.15, 0.2) is 16.7 Å². The van der Waals surface area contributed by atoms with Gasteiger partial charge < -0.3 is 14.9 Å². The van der Waals surface area contributed by atoms with Crippen molar-refractivity contribution < 1.29 is 32.6 Å². The zero-order chi connectivity index (χ0) is 36.3. The molecule has 1 N–H and O–H groups in total. The fraction of sp³-hybridized carbons (Fsp3) is 0.516. The Kier molecular flexibility index (Phi) is 14.3. The van der Waals surface area contributed by atoms with Gasteiger partial charge in [0.1, 0.15) is 12.4 Å². The third-order valence-electron chi connectivity index (χ3n) is 7.72. The molecule has 0 radical (unpaired) electrons. The summed E-state index contributed by atoms with van der Waals surface area (Å²) in [6.45, 7) is 2.17. The van der Waals surface area contributed by atoms with Crippen molar-refractivity contribution in [3.05, 3.63) is 66.7 Å². The fourth-order valence-corrected chi connectivity index (χ4v) is 6.10. The van der Waals surface area contributed by atoms with E-state index >= 15 is 0 Å². The molecule has 3 rings (SSSR count). The van der Waals surface area contributed by atoms with Crippen molar-refractivity contribution in [2.45, 2.75) is 81.4 Å². The zero-order valence-electron chi connectivity index (χ0n) is 27.8. The quantitative estimate of drug-likeness (QED) is 0.0643. The van der Waals surface area contributed by atoms with Crippen LogP contribution >= 0.6 is 11.6 Å². The molecule has 268 valence electrons. The summed E-state index contributed by atoms with van der Waals surface area (Å²) in [7, 11) is 0.135. The standard InChI is InChI=1S/C31H41ClN6O10S/c1-5-6-7-8-9-10-11-12-13-14-17-48-36-29(34-28-23(31(36)40)18-21(37(41)42)19-25(28)38(43)44)27(32)30(39)33-24-16-15-22(20-26(24)47-4)49(45,46)35(2)3/h15-16,18-20,27H,5-14,17H2,1-4H3,(H,33,39). The van der Waals surface area contributed by atoms with E-state index in [0.717, 1.165) is 36.1 Å². The van der Waals surface area contributed by atoms with E-state index in [1.165, 1.54) is 71.5 Å². The number of unbranched alkanes of at least 4 members (excludes halogenated alkanes) is 9. The van der Waals surface area contributed by atoms with E-state index in [1.54, 1.807) is 0 Å². The average molecular weight is 725 g/mol. The molecule has 0 spiro atoms. The van der Waals surface area contributed by atoms with Crippen molar-refractivity contribution in [1.82, 2.24) is 14.0 Å². The Hall–Kier alpha value is -4.35. The maximum Gasteiger partial charge on any atom is 0.302 e. The highest BCUT2D eigenvalue weighted by molar-refractivity contribution is 7.89. The predicted molar refractivity (Wildman–Crippen MR) is 184 cm³/mol. The Morgan fingerprint density at radius 1 is 1.00 bits per heavy atom. The number of nitrogens with one attached hydrogen (secondary N) is 1. The molecule has 1 unspecified atom stereocenters. The van der Waals surface area contributed by atoms with E-state index < -0.39 is 64.8 Å². The van der Waals surface area contributed by atoms with E-state index in [9.17, 15) is 38.2 Å². The van der Waals surface area contributed by atoms with Gasteiger partial charge in [-0.1, -0.05) is 58.3 Å². The van der Waals surface area contributed by atoms with Crippen LogP contribution in [0.5, 0.6) is 5.75 Å². The van der Waals surface area contributed by atoms with Gasteiger partial charge in [-0.2, -0.15) is 0 Å². The van der Waals surface area contributed by atoms with E-state index in [4.69, 9.17) is 21.2 Å². The van der Waals surface area contributed by atoms with Gasteiger partial charge in [-0.05, 0) is 25.0 Å². The number of nitro groups is 2. The SMILES string of the molecule is CCCCCCCCCCCCOn1c(C(Cl)C(=O)Nc2ccc(S(=O)(=O)N(C)C)cc2OC)nc2c([N+](=O)[O-])cc([N+](=O)[O-])cc2c1=O. The number of rotatable bonds is 20. The van der Waals surface area contributed by atoms with Gasteiger partial charge >= 0.3 is 5.69 Å². The van der Waals surface area contributed by atoms with Crippen LogP contribution in [0.4, 0.5) is 17.1 Å². The largest absolute Gasteiger partial charge is 0.495 e. The third kappa shape index (κ3) is 9.86. The monoisotopic (exact) mass is 724 g/mol. The molecule has 16 nitrogen and oxygen atoms in total. The average Bonchev–Trinajstić information content (AvgIpc) is 3.06. The predicted octanol–water partition coefficient (Wildman–Crippen LogP) is 5.74. The number of non-ortho nitro benzene ring substituents is 2. The molecule has 0 saturated carbocycles. The smallest absolute Gasteiger partial charge is 0.302 e. The fourth-order valence-electron chi connectivity index (χ4n) is 4.99. The van der Waals surface area contributed by atoms with E-state index in [-0.39, 0.29) is 22.9 Å². The molecule has 0 aliphatic rings. The molecule has 18 heteroatoms. The van der Waals surface area contributed by atoms with Gasteiger partial charge in [-0.15, -0.1) is 16.3 Å². The molecule has 2 aromatic carbocycles. The number of halogens is 1. The van der Waals surface area contributed by atoms with Crippen molar-refractivity contribution in [3.8, 4) is 5.75 Å². The van der Waals surface area contributed by atoms with Crippen molar-refractivity contribution in [1.29, 1.82) is 0 Å². The summed E-state index contributed by atoms with van der Waals surface area (Å²) in [6.07, 6.45) is 10.4. The number of carbonyl (C=O) groups is 1. The first-order chi connectivity index (χ1) is 23.2. The molecule has 1 amide bonds. The molecule has 3 aromatic rings.